The second-order valence-electron chi connectivity index (χ2n) is 7.46. The number of aryl methyl sites for hydroxylation is 1. The number of likely N-dealkylation sites (tertiary alicyclic amines) is 1. The monoisotopic (exact) mass is 391 g/mol. The third-order valence-corrected chi connectivity index (χ3v) is 6.65. The van der Waals surface area contributed by atoms with E-state index >= 15 is 0 Å². The van der Waals surface area contributed by atoms with E-state index in [1.165, 1.54) is 5.56 Å². The predicted octanol–water partition coefficient (Wildman–Crippen LogP) is 4.54. The molecule has 2 aromatic heterocycles. The summed E-state index contributed by atoms with van der Waals surface area (Å²) in [7, 11) is 0. The number of benzene rings is 1. The van der Waals surface area contributed by atoms with E-state index in [9.17, 15) is 4.79 Å². The van der Waals surface area contributed by atoms with Crippen molar-refractivity contribution in [2.75, 3.05) is 13.1 Å². The summed E-state index contributed by atoms with van der Waals surface area (Å²) >= 11 is 1.61. The van der Waals surface area contributed by atoms with Gasteiger partial charge in [0.1, 0.15) is 5.01 Å². The fraction of sp³-hybridized carbons (Fsp3) is 0.348. The number of aromatic nitrogens is 2. The average molecular weight is 392 g/mol. The molecule has 144 valence electrons. The van der Waals surface area contributed by atoms with Crippen LogP contribution in [0.3, 0.4) is 0 Å². The number of piperidine rings is 1. The molecule has 1 fully saturated rings. The molecule has 1 aliphatic rings. The molecule has 4 nitrogen and oxygen atoms in total. The van der Waals surface area contributed by atoms with Crippen molar-refractivity contribution in [1.29, 1.82) is 0 Å². The number of amides is 1. The van der Waals surface area contributed by atoms with Crippen LogP contribution in [0.25, 0.3) is 10.6 Å². The van der Waals surface area contributed by atoms with Gasteiger partial charge in [-0.25, -0.2) is 4.98 Å². The van der Waals surface area contributed by atoms with Gasteiger partial charge in [-0.3, -0.25) is 9.78 Å². The van der Waals surface area contributed by atoms with Crippen molar-refractivity contribution >= 4 is 17.2 Å². The molecule has 0 unspecified atom stereocenters. The van der Waals surface area contributed by atoms with Gasteiger partial charge in [-0.15, -0.1) is 11.3 Å². The first-order valence-corrected chi connectivity index (χ1v) is 10.7. The van der Waals surface area contributed by atoms with Crippen LogP contribution in [0.2, 0.25) is 0 Å². The molecule has 1 aromatic carbocycles. The SMILES string of the molecule is Cc1nc(-c2cccnc2)sc1CC(=O)N1CCC(Cc2ccccc2)CC1. The Morgan fingerprint density at radius 1 is 1.14 bits per heavy atom. The van der Waals surface area contributed by atoms with Crippen LogP contribution in [0.5, 0.6) is 0 Å². The normalized spacial score (nSPS) is 15.0. The zero-order chi connectivity index (χ0) is 19.3. The molecule has 1 amide bonds. The maximum Gasteiger partial charge on any atom is 0.227 e. The molecule has 0 bridgehead atoms. The summed E-state index contributed by atoms with van der Waals surface area (Å²) in [5.74, 6) is 0.899. The summed E-state index contributed by atoms with van der Waals surface area (Å²) in [4.78, 5) is 24.7. The van der Waals surface area contributed by atoms with Gasteiger partial charge in [-0.05, 0) is 49.8 Å². The summed E-state index contributed by atoms with van der Waals surface area (Å²) < 4.78 is 0. The number of carbonyl (C=O) groups is 1. The smallest absolute Gasteiger partial charge is 0.227 e. The van der Waals surface area contributed by atoms with Gasteiger partial charge in [0.25, 0.3) is 0 Å². The molecule has 3 aromatic rings. The lowest BCUT2D eigenvalue weighted by atomic mass is 9.90. The Hall–Kier alpha value is -2.53. The molecule has 0 N–H and O–H groups in total. The standard InChI is InChI=1S/C23H25N3OS/c1-17-21(28-23(25-17)20-8-5-11-24-16-20)15-22(27)26-12-9-19(10-13-26)14-18-6-3-2-4-7-18/h2-8,11,16,19H,9-10,12-15H2,1H3. The van der Waals surface area contributed by atoms with Gasteiger partial charge in [0.2, 0.25) is 5.91 Å². The van der Waals surface area contributed by atoms with Crippen molar-refractivity contribution in [3.8, 4) is 10.6 Å². The van der Waals surface area contributed by atoms with E-state index in [4.69, 9.17) is 0 Å². The quantitative estimate of drug-likeness (QED) is 0.642. The number of carbonyl (C=O) groups excluding carboxylic acids is 1. The average Bonchev–Trinajstić information content (AvgIpc) is 3.10. The van der Waals surface area contributed by atoms with Crippen LogP contribution in [0.15, 0.2) is 54.9 Å². The van der Waals surface area contributed by atoms with Crippen LogP contribution in [-0.2, 0) is 17.6 Å². The molecule has 28 heavy (non-hydrogen) atoms. The Labute approximate surface area is 170 Å². The molecule has 0 atom stereocenters. The zero-order valence-corrected chi connectivity index (χ0v) is 17.0. The minimum Gasteiger partial charge on any atom is -0.342 e. The highest BCUT2D eigenvalue weighted by molar-refractivity contribution is 7.15. The lowest BCUT2D eigenvalue weighted by Gasteiger charge is -2.32. The summed E-state index contributed by atoms with van der Waals surface area (Å²) in [6, 6.07) is 14.6. The summed E-state index contributed by atoms with van der Waals surface area (Å²) in [5, 5.41) is 0.940. The van der Waals surface area contributed by atoms with E-state index in [1.54, 1.807) is 17.5 Å². The molecule has 3 heterocycles. The third kappa shape index (κ3) is 4.47. The van der Waals surface area contributed by atoms with Crippen LogP contribution in [-0.4, -0.2) is 33.9 Å². The fourth-order valence-electron chi connectivity index (χ4n) is 3.79. The van der Waals surface area contributed by atoms with E-state index < -0.39 is 0 Å². The van der Waals surface area contributed by atoms with Crippen molar-refractivity contribution in [2.45, 2.75) is 32.6 Å². The molecule has 1 saturated heterocycles. The molecule has 0 aliphatic carbocycles. The molecule has 0 radical (unpaired) electrons. The first kappa shape index (κ1) is 18.8. The molecular weight excluding hydrogens is 366 g/mol. The van der Waals surface area contributed by atoms with Crippen molar-refractivity contribution in [1.82, 2.24) is 14.9 Å². The van der Waals surface area contributed by atoms with Crippen LogP contribution >= 0.6 is 11.3 Å². The Balaban J connectivity index is 1.33. The van der Waals surface area contributed by atoms with Gasteiger partial charge in [0.05, 0.1) is 12.1 Å². The number of rotatable bonds is 5. The van der Waals surface area contributed by atoms with Crippen LogP contribution in [0.1, 0.15) is 29.0 Å². The number of hydrogen-bond acceptors (Lipinski definition) is 4. The molecular formula is C23H25N3OS. The Bertz CT molecular complexity index is 916. The van der Waals surface area contributed by atoms with Crippen molar-refractivity contribution in [2.24, 2.45) is 5.92 Å². The van der Waals surface area contributed by atoms with Gasteiger partial charge in [0.15, 0.2) is 0 Å². The Morgan fingerprint density at radius 2 is 1.93 bits per heavy atom. The molecule has 1 aliphatic heterocycles. The number of hydrogen-bond donors (Lipinski definition) is 0. The lowest BCUT2D eigenvalue weighted by Crippen LogP contribution is -2.39. The highest BCUT2D eigenvalue weighted by Crippen LogP contribution is 2.28. The first-order chi connectivity index (χ1) is 13.7. The van der Waals surface area contributed by atoms with Gasteiger partial charge in [0, 0.05) is 35.9 Å². The van der Waals surface area contributed by atoms with Crippen molar-refractivity contribution in [3.05, 3.63) is 71.0 Å². The lowest BCUT2D eigenvalue weighted by molar-refractivity contribution is -0.131. The van der Waals surface area contributed by atoms with Gasteiger partial charge in [-0.2, -0.15) is 0 Å². The maximum absolute atomic E-state index is 12.8. The minimum absolute atomic E-state index is 0.225. The van der Waals surface area contributed by atoms with Gasteiger partial charge in [-0.1, -0.05) is 30.3 Å². The second kappa shape index (κ2) is 8.65. The molecule has 4 rings (SSSR count). The summed E-state index contributed by atoms with van der Waals surface area (Å²) in [6.07, 6.45) is 7.32. The van der Waals surface area contributed by atoms with Crippen molar-refractivity contribution < 1.29 is 4.79 Å². The van der Waals surface area contributed by atoms with E-state index in [1.807, 2.05) is 30.2 Å². The Morgan fingerprint density at radius 3 is 2.64 bits per heavy atom. The third-order valence-electron chi connectivity index (χ3n) is 5.45. The number of thiazole rings is 1. The van der Waals surface area contributed by atoms with Crippen molar-refractivity contribution in [3.63, 3.8) is 0 Å². The number of nitrogens with zero attached hydrogens (tertiary/aromatic N) is 3. The fourth-order valence-corrected chi connectivity index (χ4v) is 4.83. The zero-order valence-electron chi connectivity index (χ0n) is 16.2. The highest BCUT2D eigenvalue weighted by Gasteiger charge is 2.24. The summed E-state index contributed by atoms with van der Waals surface area (Å²) in [5.41, 5.74) is 3.36. The van der Waals surface area contributed by atoms with Crippen LogP contribution in [0.4, 0.5) is 0 Å². The maximum atomic E-state index is 12.8. The van der Waals surface area contributed by atoms with Crippen LogP contribution < -0.4 is 0 Å². The second-order valence-corrected chi connectivity index (χ2v) is 8.54. The molecule has 0 saturated carbocycles. The van der Waals surface area contributed by atoms with E-state index in [0.717, 1.165) is 53.5 Å². The summed E-state index contributed by atoms with van der Waals surface area (Å²) in [6.45, 7) is 3.72. The van der Waals surface area contributed by atoms with E-state index in [2.05, 4.69) is 40.3 Å². The first-order valence-electron chi connectivity index (χ1n) is 9.87. The largest absolute Gasteiger partial charge is 0.342 e. The van der Waals surface area contributed by atoms with E-state index in [-0.39, 0.29) is 5.91 Å². The topological polar surface area (TPSA) is 46.1 Å². The van der Waals surface area contributed by atoms with E-state index in [0.29, 0.717) is 12.3 Å². The number of pyridine rings is 1. The predicted molar refractivity (Wildman–Crippen MR) is 113 cm³/mol. The van der Waals surface area contributed by atoms with Gasteiger partial charge < -0.3 is 4.90 Å². The highest BCUT2D eigenvalue weighted by atomic mass is 32.1. The minimum atomic E-state index is 0.225. The Kier molecular flexibility index (Phi) is 5.81. The molecule has 0 spiro atoms. The van der Waals surface area contributed by atoms with Crippen LogP contribution in [0, 0.1) is 12.8 Å². The molecule has 5 heteroatoms. The van der Waals surface area contributed by atoms with Gasteiger partial charge >= 0.3 is 0 Å².